The van der Waals surface area contributed by atoms with Crippen LogP contribution in [-0.2, 0) is 4.74 Å². The van der Waals surface area contributed by atoms with E-state index < -0.39 is 0 Å². The molecule has 1 saturated heterocycles. The van der Waals surface area contributed by atoms with Crippen molar-refractivity contribution in [2.45, 2.75) is 13.0 Å². The molecule has 1 aromatic rings. The lowest BCUT2D eigenvalue weighted by molar-refractivity contribution is 0.00359. The van der Waals surface area contributed by atoms with Crippen LogP contribution < -0.4 is 5.73 Å². The second kappa shape index (κ2) is 5.46. The summed E-state index contributed by atoms with van der Waals surface area (Å²) in [6.07, 6.45) is 0. The SMILES string of the molecule is CC1COCCN1C(=O)c1cccc(C(N)=S)c1. The highest BCUT2D eigenvalue weighted by molar-refractivity contribution is 7.80. The molecular formula is C13H16N2O2S. The molecule has 1 atom stereocenters. The highest BCUT2D eigenvalue weighted by Crippen LogP contribution is 2.13. The number of carbonyl (C=O) groups excluding carboxylic acids is 1. The molecule has 1 aromatic carbocycles. The fourth-order valence-electron chi connectivity index (χ4n) is 2.00. The summed E-state index contributed by atoms with van der Waals surface area (Å²) < 4.78 is 5.33. The van der Waals surface area contributed by atoms with Crippen LogP contribution in [0.1, 0.15) is 22.8 Å². The van der Waals surface area contributed by atoms with Gasteiger partial charge < -0.3 is 15.4 Å². The fraction of sp³-hybridized carbons (Fsp3) is 0.385. The number of ether oxygens (including phenoxy) is 1. The summed E-state index contributed by atoms with van der Waals surface area (Å²) >= 11 is 4.92. The first-order valence-corrected chi connectivity index (χ1v) is 6.29. The van der Waals surface area contributed by atoms with Crippen molar-refractivity contribution in [3.8, 4) is 0 Å². The predicted molar refractivity (Wildman–Crippen MR) is 73.6 cm³/mol. The number of hydrogen-bond acceptors (Lipinski definition) is 3. The Morgan fingerprint density at radius 1 is 1.50 bits per heavy atom. The van der Waals surface area contributed by atoms with E-state index in [1.54, 1.807) is 18.2 Å². The van der Waals surface area contributed by atoms with Gasteiger partial charge in [0.05, 0.1) is 19.3 Å². The Bertz CT molecular complexity index is 476. The number of nitrogens with zero attached hydrogens (tertiary/aromatic N) is 1. The summed E-state index contributed by atoms with van der Waals surface area (Å²) in [6, 6.07) is 7.23. The molecule has 0 aromatic heterocycles. The van der Waals surface area contributed by atoms with Gasteiger partial charge in [-0.2, -0.15) is 0 Å². The number of amides is 1. The average Bonchev–Trinajstić information content (AvgIpc) is 2.38. The van der Waals surface area contributed by atoms with E-state index in [1.807, 2.05) is 17.9 Å². The Morgan fingerprint density at radius 3 is 2.89 bits per heavy atom. The molecular weight excluding hydrogens is 248 g/mol. The van der Waals surface area contributed by atoms with Gasteiger partial charge in [-0.25, -0.2) is 0 Å². The second-order valence-corrected chi connectivity index (χ2v) is 4.81. The van der Waals surface area contributed by atoms with Gasteiger partial charge in [-0.05, 0) is 19.1 Å². The molecule has 0 saturated carbocycles. The Kier molecular flexibility index (Phi) is 3.93. The van der Waals surface area contributed by atoms with Gasteiger partial charge in [0.25, 0.3) is 5.91 Å². The van der Waals surface area contributed by atoms with Gasteiger partial charge in [0, 0.05) is 17.7 Å². The van der Waals surface area contributed by atoms with Crippen molar-refractivity contribution < 1.29 is 9.53 Å². The van der Waals surface area contributed by atoms with Gasteiger partial charge in [0.15, 0.2) is 0 Å². The van der Waals surface area contributed by atoms with Crippen LogP contribution in [0.4, 0.5) is 0 Å². The summed E-state index contributed by atoms with van der Waals surface area (Å²) in [5.41, 5.74) is 6.91. The van der Waals surface area contributed by atoms with Gasteiger partial charge in [0.1, 0.15) is 4.99 Å². The molecule has 96 valence electrons. The van der Waals surface area contributed by atoms with Crippen molar-refractivity contribution >= 4 is 23.1 Å². The number of carbonyl (C=O) groups is 1. The molecule has 1 aliphatic rings. The van der Waals surface area contributed by atoms with Crippen molar-refractivity contribution in [1.29, 1.82) is 0 Å². The third kappa shape index (κ3) is 2.68. The zero-order valence-electron chi connectivity index (χ0n) is 10.3. The van der Waals surface area contributed by atoms with Crippen LogP contribution in [0.15, 0.2) is 24.3 Å². The van der Waals surface area contributed by atoms with E-state index in [0.29, 0.717) is 30.3 Å². The van der Waals surface area contributed by atoms with Crippen molar-refractivity contribution in [2.24, 2.45) is 5.73 Å². The Hall–Kier alpha value is -1.46. The lowest BCUT2D eigenvalue weighted by Crippen LogP contribution is -2.47. The molecule has 0 bridgehead atoms. The molecule has 5 heteroatoms. The van der Waals surface area contributed by atoms with Crippen molar-refractivity contribution in [1.82, 2.24) is 4.90 Å². The van der Waals surface area contributed by atoms with Crippen molar-refractivity contribution in [3.63, 3.8) is 0 Å². The standard InChI is InChI=1S/C13H16N2O2S/c1-9-8-17-6-5-15(9)13(16)11-4-2-3-10(7-11)12(14)18/h2-4,7,9H,5-6,8H2,1H3,(H2,14,18). The summed E-state index contributed by atoms with van der Waals surface area (Å²) in [6.45, 7) is 3.78. The molecule has 1 amide bonds. The molecule has 0 spiro atoms. The third-order valence-corrected chi connectivity index (χ3v) is 3.26. The van der Waals surface area contributed by atoms with E-state index in [4.69, 9.17) is 22.7 Å². The van der Waals surface area contributed by atoms with E-state index in [-0.39, 0.29) is 11.9 Å². The fourth-order valence-corrected chi connectivity index (χ4v) is 2.13. The summed E-state index contributed by atoms with van der Waals surface area (Å²) in [5, 5.41) is 0. The minimum Gasteiger partial charge on any atom is -0.389 e. The number of hydrogen-bond donors (Lipinski definition) is 1. The van der Waals surface area contributed by atoms with Gasteiger partial charge in [-0.15, -0.1) is 0 Å². The minimum atomic E-state index is 0.00361. The highest BCUT2D eigenvalue weighted by atomic mass is 32.1. The molecule has 2 rings (SSSR count). The summed E-state index contributed by atoms with van der Waals surface area (Å²) in [5.74, 6) is 0.00361. The quantitative estimate of drug-likeness (QED) is 0.815. The zero-order valence-corrected chi connectivity index (χ0v) is 11.1. The van der Waals surface area contributed by atoms with E-state index in [1.165, 1.54) is 0 Å². The van der Waals surface area contributed by atoms with Crippen LogP contribution in [0.25, 0.3) is 0 Å². The van der Waals surface area contributed by atoms with Crippen LogP contribution >= 0.6 is 12.2 Å². The molecule has 1 heterocycles. The topological polar surface area (TPSA) is 55.6 Å². The summed E-state index contributed by atoms with van der Waals surface area (Å²) in [7, 11) is 0. The van der Waals surface area contributed by atoms with E-state index in [2.05, 4.69) is 0 Å². The number of nitrogens with two attached hydrogens (primary N) is 1. The van der Waals surface area contributed by atoms with E-state index >= 15 is 0 Å². The molecule has 4 nitrogen and oxygen atoms in total. The summed E-state index contributed by atoms with van der Waals surface area (Å²) in [4.78, 5) is 14.5. The van der Waals surface area contributed by atoms with Crippen LogP contribution in [0.3, 0.4) is 0 Å². The van der Waals surface area contributed by atoms with Crippen molar-refractivity contribution in [3.05, 3.63) is 35.4 Å². The molecule has 1 fully saturated rings. The van der Waals surface area contributed by atoms with E-state index in [9.17, 15) is 4.79 Å². The first-order chi connectivity index (χ1) is 8.59. The van der Waals surface area contributed by atoms with Gasteiger partial charge in [-0.1, -0.05) is 24.4 Å². The Labute approximate surface area is 112 Å². The normalized spacial score (nSPS) is 19.6. The first-order valence-electron chi connectivity index (χ1n) is 5.88. The van der Waals surface area contributed by atoms with Crippen LogP contribution in [-0.4, -0.2) is 41.6 Å². The molecule has 18 heavy (non-hydrogen) atoms. The monoisotopic (exact) mass is 264 g/mol. The maximum Gasteiger partial charge on any atom is 0.254 e. The maximum absolute atomic E-state index is 12.4. The third-order valence-electron chi connectivity index (χ3n) is 3.02. The predicted octanol–water partition coefficient (Wildman–Crippen LogP) is 1.18. The van der Waals surface area contributed by atoms with Crippen LogP contribution in [0.2, 0.25) is 0 Å². The minimum absolute atomic E-state index is 0.00361. The van der Waals surface area contributed by atoms with Crippen molar-refractivity contribution in [2.75, 3.05) is 19.8 Å². The molecule has 0 radical (unpaired) electrons. The number of morpholine rings is 1. The van der Waals surface area contributed by atoms with Crippen LogP contribution in [0.5, 0.6) is 0 Å². The molecule has 1 unspecified atom stereocenters. The number of benzene rings is 1. The lowest BCUT2D eigenvalue weighted by atomic mass is 10.1. The first kappa shape index (κ1) is 13.0. The second-order valence-electron chi connectivity index (χ2n) is 4.37. The van der Waals surface area contributed by atoms with Gasteiger partial charge >= 0.3 is 0 Å². The van der Waals surface area contributed by atoms with E-state index in [0.717, 1.165) is 5.56 Å². The lowest BCUT2D eigenvalue weighted by Gasteiger charge is -2.33. The number of rotatable bonds is 2. The maximum atomic E-state index is 12.4. The molecule has 0 aliphatic carbocycles. The molecule has 1 aliphatic heterocycles. The average molecular weight is 264 g/mol. The van der Waals surface area contributed by atoms with Gasteiger partial charge in [-0.3, -0.25) is 4.79 Å². The highest BCUT2D eigenvalue weighted by Gasteiger charge is 2.24. The molecule has 2 N–H and O–H groups in total. The number of thiocarbonyl (C=S) groups is 1. The Balaban J connectivity index is 2.22. The Morgan fingerprint density at radius 2 is 2.22 bits per heavy atom. The smallest absolute Gasteiger partial charge is 0.254 e. The van der Waals surface area contributed by atoms with Gasteiger partial charge in [0.2, 0.25) is 0 Å². The zero-order chi connectivity index (χ0) is 13.1. The van der Waals surface area contributed by atoms with Crippen LogP contribution in [0, 0.1) is 0 Å². The largest absolute Gasteiger partial charge is 0.389 e.